The van der Waals surface area contributed by atoms with E-state index in [-0.39, 0.29) is 12.2 Å². The van der Waals surface area contributed by atoms with Crippen molar-refractivity contribution in [1.82, 2.24) is 0 Å². The first kappa shape index (κ1) is 17.2. The molecule has 1 aliphatic rings. The Labute approximate surface area is 134 Å². The highest BCUT2D eigenvalue weighted by atomic mass is 19.1. The number of quaternary nitrogens is 1. The molecule has 23 heavy (non-hydrogen) atoms. The zero-order valence-corrected chi connectivity index (χ0v) is 13.4. The summed E-state index contributed by atoms with van der Waals surface area (Å²) in [6.07, 6.45) is 0.00898. The van der Waals surface area contributed by atoms with Gasteiger partial charge >= 0.3 is 11.9 Å². The monoisotopic (exact) mass is 325 g/mol. The summed E-state index contributed by atoms with van der Waals surface area (Å²) < 4.78 is 22.5. The van der Waals surface area contributed by atoms with E-state index in [0.29, 0.717) is 13.1 Å². The fraction of sp³-hybridized carbons (Fsp3) is 0.500. The third-order valence-corrected chi connectivity index (χ3v) is 4.17. The van der Waals surface area contributed by atoms with E-state index < -0.39 is 18.0 Å². The van der Waals surface area contributed by atoms with Crippen LogP contribution in [0.4, 0.5) is 10.1 Å². The second-order valence-corrected chi connectivity index (χ2v) is 5.48. The van der Waals surface area contributed by atoms with Gasteiger partial charge in [-0.3, -0.25) is 4.79 Å². The maximum atomic E-state index is 13.0. The van der Waals surface area contributed by atoms with Gasteiger partial charge in [-0.2, -0.15) is 0 Å². The number of esters is 2. The van der Waals surface area contributed by atoms with Gasteiger partial charge in [0, 0.05) is 5.69 Å². The molecule has 1 atom stereocenters. The molecular weight excluding hydrogens is 303 g/mol. The van der Waals surface area contributed by atoms with Crippen LogP contribution < -0.4 is 9.80 Å². The molecule has 0 saturated carbocycles. The number of piperazine rings is 1. The number of hydrogen-bond donors (Lipinski definition) is 1. The maximum Gasteiger partial charge on any atom is 0.365 e. The van der Waals surface area contributed by atoms with Gasteiger partial charge in [-0.15, -0.1) is 0 Å². The van der Waals surface area contributed by atoms with Crippen molar-refractivity contribution < 1.29 is 28.4 Å². The van der Waals surface area contributed by atoms with Gasteiger partial charge < -0.3 is 19.3 Å². The number of nitrogens with one attached hydrogen (secondary N) is 1. The van der Waals surface area contributed by atoms with E-state index in [2.05, 4.69) is 9.64 Å². The molecule has 0 unspecified atom stereocenters. The van der Waals surface area contributed by atoms with Gasteiger partial charge in [0.15, 0.2) is 6.04 Å². The smallest absolute Gasteiger partial charge is 0.365 e. The third kappa shape index (κ3) is 4.41. The van der Waals surface area contributed by atoms with E-state index in [4.69, 9.17) is 4.74 Å². The fourth-order valence-corrected chi connectivity index (χ4v) is 2.84. The lowest BCUT2D eigenvalue weighted by atomic mass is 10.1. The lowest BCUT2D eigenvalue weighted by Gasteiger charge is -2.36. The van der Waals surface area contributed by atoms with Crippen LogP contribution in [0.25, 0.3) is 0 Å². The zero-order chi connectivity index (χ0) is 16.8. The van der Waals surface area contributed by atoms with Gasteiger partial charge in [0.05, 0.1) is 40.4 Å². The Balaban J connectivity index is 1.98. The molecule has 1 heterocycles. The summed E-state index contributed by atoms with van der Waals surface area (Å²) in [5.74, 6) is -1.09. The minimum absolute atomic E-state index is 0.00898. The summed E-state index contributed by atoms with van der Waals surface area (Å²) in [7, 11) is 2.62. The van der Waals surface area contributed by atoms with Gasteiger partial charge in [0.25, 0.3) is 0 Å². The molecule has 1 saturated heterocycles. The van der Waals surface area contributed by atoms with Crippen molar-refractivity contribution >= 4 is 17.6 Å². The Morgan fingerprint density at radius 3 is 2.30 bits per heavy atom. The van der Waals surface area contributed by atoms with Crippen molar-refractivity contribution in [3.05, 3.63) is 30.1 Å². The number of halogens is 1. The van der Waals surface area contributed by atoms with E-state index in [0.717, 1.165) is 23.7 Å². The number of anilines is 1. The molecule has 0 bridgehead atoms. The van der Waals surface area contributed by atoms with Crippen LogP contribution in [0.5, 0.6) is 0 Å². The second kappa shape index (κ2) is 7.92. The van der Waals surface area contributed by atoms with Crippen molar-refractivity contribution in [3.8, 4) is 0 Å². The average Bonchev–Trinajstić information content (AvgIpc) is 2.59. The number of hydrogen-bond acceptors (Lipinski definition) is 5. The molecule has 6 nitrogen and oxygen atoms in total. The number of nitrogens with zero attached hydrogens (tertiary/aromatic N) is 1. The highest BCUT2D eigenvalue weighted by Crippen LogP contribution is 2.14. The highest BCUT2D eigenvalue weighted by molar-refractivity contribution is 5.81. The van der Waals surface area contributed by atoms with Gasteiger partial charge in [-0.25, -0.2) is 9.18 Å². The van der Waals surface area contributed by atoms with E-state index in [1.165, 1.54) is 26.4 Å². The van der Waals surface area contributed by atoms with Crippen molar-refractivity contribution in [2.45, 2.75) is 12.5 Å². The van der Waals surface area contributed by atoms with Crippen LogP contribution in [-0.4, -0.2) is 58.4 Å². The molecule has 0 spiro atoms. The predicted molar refractivity (Wildman–Crippen MR) is 81.7 cm³/mol. The van der Waals surface area contributed by atoms with Crippen molar-refractivity contribution in [3.63, 3.8) is 0 Å². The van der Waals surface area contributed by atoms with Crippen LogP contribution in [0.3, 0.4) is 0 Å². The van der Waals surface area contributed by atoms with Gasteiger partial charge in [-0.1, -0.05) is 0 Å². The standard InChI is InChI=1S/C16H21FN2O4/c1-22-15(20)11-14(16(21)23-2)19-9-7-18(8-10-19)13-5-3-12(17)4-6-13/h3-6,14H,7-11H2,1-2H3/p+1/t14-/m1/s1. The topological polar surface area (TPSA) is 60.3 Å². The first-order chi connectivity index (χ1) is 11.0. The molecule has 1 aliphatic heterocycles. The summed E-state index contributed by atoms with van der Waals surface area (Å²) in [4.78, 5) is 26.6. The molecule has 1 N–H and O–H groups in total. The summed E-state index contributed by atoms with van der Waals surface area (Å²) in [5, 5.41) is 0. The molecule has 1 fully saturated rings. The molecule has 0 amide bonds. The zero-order valence-electron chi connectivity index (χ0n) is 13.4. The second-order valence-electron chi connectivity index (χ2n) is 5.48. The molecular formula is C16H22FN2O4+. The number of methoxy groups -OCH3 is 2. The van der Waals surface area contributed by atoms with E-state index >= 15 is 0 Å². The van der Waals surface area contributed by atoms with Gasteiger partial charge in [0.1, 0.15) is 12.2 Å². The number of rotatable bonds is 5. The number of carbonyl (C=O) groups is 2. The van der Waals surface area contributed by atoms with Crippen molar-refractivity contribution in [1.29, 1.82) is 0 Å². The molecule has 1 aromatic carbocycles. The summed E-state index contributed by atoms with van der Waals surface area (Å²) >= 11 is 0. The van der Waals surface area contributed by atoms with E-state index in [1.54, 1.807) is 12.1 Å². The normalized spacial score (nSPS) is 16.7. The van der Waals surface area contributed by atoms with E-state index in [1.807, 2.05) is 0 Å². The van der Waals surface area contributed by atoms with Crippen molar-refractivity contribution in [2.24, 2.45) is 0 Å². The van der Waals surface area contributed by atoms with Crippen LogP contribution in [0.2, 0.25) is 0 Å². The first-order valence-electron chi connectivity index (χ1n) is 7.55. The summed E-state index contributed by atoms with van der Waals surface area (Å²) in [5.41, 5.74) is 0.952. The number of carbonyl (C=O) groups excluding carboxylic acids is 2. The molecule has 0 radical (unpaired) electrons. The van der Waals surface area contributed by atoms with Gasteiger partial charge in [0.2, 0.25) is 0 Å². The molecule has 7 heteroatoms. The lowest BCUT2D eigenvalue weighted by Crippen LogP contribution is -3.19. The van der Waals surface area contributed by atoms with Crippen LogP contribution in [0.15, 0.2) is 24.3 Å². The van der Waals surface area contributed by atoms with Gasteiger partial charge in [-0.05, 0) is 24.3 Å². The first-order valence-corrected chi connectivity index (χ1v) is 7.55. The Morgan fingerprint density at radius 1 is 1.17 bits per heavy atom. The van der Waals surface area contributed by atoms with Crippen LogP contribution in [0, 0.1) is 5.82 Å². The molecule has 0 aliphatic carbocycles. The largest absolute Gasteiger partial charge is 0.469 e. The van der Waals surface area contributed by atoms with Crippen LogP contribution in [-0.2, 0) is 19.1 Å². The lowest BCUT2D eigenvalue weighted by molar-refractivity contribution is -0.916. The highest BCUT2D eigenvalue weighted by Gasteiger charge is 2.35. The van der Waals surface area contributed by atoms with Crippen LogP contribution in [0.1, 0.15) is 6.42 Å². The number of ether oxygens (including phenoxy) is 2. The Morgan fingerprint density at radius 2 is 1.78 bits per heavy atom. The molecule has 2 rings (SSSR count). The molecule has 126 valence electrons. The molecule has 0 aromatic heterocycles. The minimum Gasteiger partial charge on any atom is -0.469 e. The maximum absolute atomic E-state index is 13.0. The summed E-state index contributed by atoms with van der Waals surface area (Å²) in [6.45, 7) is 2.81. The fourth-order valence-electron chi connectivity index (χ4n) is 2.84. The molecule has 1 aromatic rings. The Hall–Kier alpha value is -2.15. The quantitative estimate of drug-likeness (QED) is 0.749. The SMILES string of the molecule is COC(=O)C[C@H](C(=O)OC)[NH+]1CCN(c2ccc(F)cc2)CC1. The average molecular weight is 325 g/mol. The van der Waals surface area contributed by atoms with E-state index in [9.17, 15) is 14.0 Å². The Kier molecular flexibility index (Phi) is 5.92. The number of benzene rings is 1. The predicted octanol–water partition coefficient (Wildman–Crippen LogP) is -0.365. The van der Waals surface area contributed by atoms with Crippen molar-refractivity contribution in [2.75, 3.05) is 45.3 Å². The van der Waals surface area contributed by atoms with Crippen LogP contribution >= 0.6 is 0 Å². The third-order valence-electron chi connectivity index (χ3n) is 4.17. The summed E-state index contributed by atoms with van der Waals surface area (Å²) in [6, 6.07) is 5.80. The minimum atomic E-state index is -0.553. The Bertz CT molecular complexity index is 542.